The molecule has 4 nitrogen and oxygen atoms in total. The Bertz CT molecular complexity index is 830. The van der Waals surface area contributed by atoms with Gasteiger partial charge in [0.2, 0.25) is 11.8 Å². The summed E-state index contributed by atoms with van der Waals surface area (Å²) in [4.78, 5) is 27.0. The summed E-state index contributed by atoms with van der Waals surface area (Å²) in [7, 11) is 0. The van der Waals surface area contributed by atoms with E-state index in [1.54, 1.807) is 0 Å². The number of anilines is 2. The van der Waals surface area contributed by atoms with E-state index in [4.69, 9.17) is 0 Å². The van der Waals surface area contributed by atoms with Crippen molar-refractivity contribution in [1.29, 1.82) is 0 Å². The van der Waals surface area contributed by atoms with Gasteiger partial charge in [-0.15, -0.1) is 0 Å². The van der Waals surface area contributed by atoms with Crippen LogP contribution in [0.1, 0.15) is 30.9 Å². The maximum absolute atomic E-state index is 12.8. The van der Waals surface area contributed by atoms with Gasteiger partial charge in [0.05, 0.1) is 0 Å². The number of para-hydroxylation sites is 2. The quantitative estimate of drug-likeness (QED) is 0.933. The van der Waals surface area contributed by atoms with Crippen LogP contribution >= 0.6 is 0 Å². The largest absolute Gasteiger partial charge is 0.326 e. The highest BCUT2D eigenvalue weighted by molar-refractivity contribution is 5.98. The zero-order valence-electron chi connectivity index (χ0n) is 14.4. The summed E-state index contributed by atoms with van der Waals surface area (Å²) in [6.07, 6.45) is 2.60. The average molecular weight is 334 g/mol. The van der Waals surface area contributed by atoms with Gasteiger partial charge >= 0.3 is 0 Å². The Morgan fingerprint density at radius 2 is 1.80 bits per heavy atom. The van der Waals surface area contributed by atoms with Crippen LogP contribution in [0.15, 0.2) is 48.5 Å². The summed E-state index contributed by atoms with van der Waals surface area (Å²) in [6, 6.07) is 16.2. The molecule has 2 atom stereocenters. The molecule has 0 spiro atoms. The maximum atomic E-state index is 12.8. The number of carbonyl (C=O) groups is 2. The van der Waals surface area contributed by atoms with Crippen molar-refractivity contribution in [3.05, 3.63) is 59.7 Å². The van der Waals surface area contributed by atoms with Gasteiger partial charge in [-0.25, -0.2) is 0 Å². The van der Waals surface area contributed by atoms with Gasteiger partial charge in [-0.1, -0.05) is 36.4 Å². The number of amides is 2. The van der Waals surface area contributed by atoms with Gasteiger partial charge in [0.1, 0.15) is 0 Å². The maximum Gasteiger partial charge on any atom is 0.227 e. The lowest BCUT2D eigenvalue weighted by atomic mass is 9.89. The van der Waals surface area contributed by atoms with Crippen LogP contribution in [0.4, 0.5) is 11.4 Å². The second-order valence-corrected chi connectivity index (χ2v) is 7.03. The fourth-order valence-electron chi connectivity index (χ4n) is 4.01. The van der Waals surface area contributed by atoms with Crippen LogP contribution in [-0.2, 0) is 22.4 Å². The van der Waals surface area contributed by atoms with Gasteiger partial charge in [0.25, 0.3) is 0 Å². The molecule has 128 valence electrons. The van der Waals surface area contributed by atoms with E-state index < -0.39 is 0 Å². The van der Waals surface area contributed by atoms with E-state index in [2.05, 4.69) is 18.3 Å². The zero-order valence-corrected chi connectivity index (χ0v) is 14.4. The van der Waals surface area contributed by atoms with Crippen molar-refractivity contribution in [2.24, 2.45) is 5.92 Å². The molecule has 2 aliphatic rings. The normalized spacial score (nSPS) is 21.5. The molecule has 2 aliphatic heterocycles. The molecule has 2 unspecified atom stereocenters. The van der Waals surface area contributed by atoms with Gasteiger partial charge in [-0.2, -0.15) is 0 Å². The summed E-state index contributed by atoms with van der Waals surface area (Å²) in [5, 5.41) is 2.96. The predicted molar refractivity (Wildman–Crippen MR) is 98.6 cm³/mol. The molecule has 0 fully saturated rings. The fourth-order valence-corrected chi connectivity index (χ4v) is 4.01. The molecule has 4 rings (SSSR count). The highest BCUT2D eigenvalue weighted by Crippen LogP contribution is 2.33. The number of nitrogens with one attached hydrogen (secondary N) is 1. The third-order valence-electron chi connectivity index (χ3n) is 5.29. The Hall–Kier alpha value is -2.62. The lowest BCUT2D eigenvalue weighted by Crippen LogP contribution is -2.37. The number of hydrogen-bond donors (Lipinski definition) is 1. The van der Waals surface area contributed by atoms with Crippen LogP contribution in [0.2, 0.25) is 0 Å². The molecular weight excluding hydrogens is 312 g/mol. The van der Waals surface area contributed by atoms with Gasteiger partial charge in [0, 0.05) is 29.8 Å². The third-order valence-corrected chi connectivity index (χ3v) is 5.29. The molecule has 2 aromatic carbocycles. The second kappa shape index (κ2) is 6.36. The van der Waals surface area contributed by atoms with Gasteiger partial charge in [-0.3, -0.25) is 9.59 Å². The first-order chi connectivity index (χ1) is 12.1. The second-order valence-electron chi connectivity index (χ2n) is 7.03. The third kappa shape index (κ3) is 2.93. The molecule has 0 saturated carbocycles. The number of rotatable bonds is 3. The van der Waals surface area contributed by atoms with Crippen LogP contribution in [0.25, 0.3) is 0 Å². The van der Waals surface area contributed by atoms with Gasteiger partial charge < -0.3 is 10.2 Å². The van der Waals surface area contributed by atoms with Crippen LogP contribution < -0.4 is 10.2 Å². The van der Waals surface area contributed by atoms with Crippen molar-refractivity contribution in [2.45, 2.75) is 38.6 Å². The highest BCUT2D eigenvalue weighted by Gasteiger charge is 2.32. The van der Waals surface area contributed by atoms with E-state index in [0.29, 0.717) is 19.3 Å². The summed E-state index contributed by atoms with van der Waals surface area (Å²) in [5.74, 6) is 0.0116. The molecule has 4 heteroatoms. The van der Waals surface area contributed by atoms with Crippen LogP contribution in [0, 0.1) is 5.92 Å². The topological polar surface area (TPSA) is 49.4 Å². The lowest BCUT2D eigenvalue weighted by molar-refractivity contribution is -0.121. The van der Waals surface area contributed by atoms with Crippen LogP contribution in [-0.4, -0.2) is 17.9 Å². The minimum Gasteiger partial charge on any atom is -0.326 e. The first-order valence-electron chi connectivity index (χ1n) is 8.92. The molecule has 0 aliphatic carbocycles. The monoisotopic (exact) mass is 334 g/mol. The van der Waals surface area contributed by atoms with E-state index in [1.807, 2.05) is 47.4 Å². The summed E-state index contributed by atoms with van der Waals surface area (Å²) >= 11 is 0. The molecule has 0 aromatic heterocycles. The van der Waals surface area contributed by atoms with Crippen molar-refractivity contribution in [2.75, 3.05) is 10.2 Å². The Kier molecular flexibility index (Phi) is 4.04. The van der Waals surface area contributed by atoms with E-state index in [-0.39, 0.29) is 23.8 Å². The van der Waals surface area contributed by atoms with Crippen molar-refractivity contribution in [3.8, 4) is 0 Å². The Morgan fingerprint density at radius 1 is 1.08 bits per heavy atom. The molecule has 2 amide bonds. The molecular formula is C21H22N2O2. The number of fused-ring (bicyclic) bond motifs is 2. The van der Waals surface area contributed by atoms with E-state index >= 15 is 0 Å². The molecule has 0 bridgehead atoms. The number of benzene rings is 2. The molecule has 1 N–H and O–H groups in total. The lowest BCUT2D eigenvalue weighted by Gasteiger charge is -2.26. The fraction of sp³-hybridized carbons (Fsp3) is 0.333. The Balaban J connectivity index is 1.44. The van der Waals surface area contributed by atoms with Crippen molar-refractivity contribution < 1.29 is 9.59 Å². The van der Waals surface area contributed by atoms with Crippen molar-refractivity contribution >= 4 is 23.2 Å². The molecule has 2 aromatic rings. The van der Waals surface area contributed by atoms with Gasteiger partial charge in [-0.05, 0) is 49.4 Å². The number of hydrogen-bond acceptors (Lipinski definition) is 2. The summed E-state index contributed by atoms with van der Waals surface area (Å²) in [5.41, 5.74) is 4.31. The van der Waals surface area contributed by atoms with Crippen molar-refractivity contribution in [1.82, 2.24) is 0 Å². The van der Waals surface area contributed by atoms with Gasteiger partial charge in [0.15, 0.2) is 0 Å². The molecule has 2 heterocycles. The number of carbonyl (C=O) groups excluding carboxylic acids is 2. The van der Waals surface area contributed by atoms with E-state index in [1.165, 1.54) is 5.56 Å². The molecule has 0 saturated heterocycles. The predicted octanol–water partition coefficient (Wildman–Crippen LogP) is 3.56. The Morgan fingerprint density at radius 3 is 2.64 bits per heavy atom. The first kappa shape index (κ1) is 15.9. The molecule has 25 heavy (non-hydrogen) atoms. The van der Waals surface area contributed by atoms with Crippen molar-refractivity contribution in [3.63, 3.8) is 0 Å². The first-order valence-corrected chi connectivity index (χ1v) is 8.92. The highest BCUT2D eigenvalue weighted by atomic mass is 16.2. The van der Waals surface area contributed by atoms with Crippen LogP contribution in [0.5, 0.6) is 0 Å². The zero-order chi connectivity index (χ0) is 17.4. The molecule has 0 radical (unpaired) electrons. The van der Waals surface area contributed by atoms with E-state index in [0.717, 1.165) is 23.4 Å². The summed E-state index contributed by atoms with van der Waals surface area (Å²) < 4.78 is 0. The smallest absolute Gasteiger partial charge is 0.227 e. The standard InChI is InChI=1S/C21H22N2O2/c1-14-12-16-7-3-5-9-19(16)23(14)20(24)11-10-17-13-15-6-2-4-8-18(15)22-21(17)25/h2-9,14,17H,10-13H2,1H3,(H,22,25). The minimum atomic E-state index is -0.132. The van der Waals surface area contributed by atoms with E-state index in [9.17, 15) is 9.59 Å². The Labute approximate surface area is 147 Å². The van der Waals surface area contributed by atoms with Crippen LogP contribution in [0.3, 0.4) is 0 Å². The SMILES string of the molecule is CC1Cc2ccccc2N1C(=O)CCC1Cc2ccccc2NC1=O. The number of nitrogens with zero attached hydrogens (tertiary/aromatic N) is 1. The minimum absolute atomic E-state index is 0.0290. The average Bonchev–Trinajstić information content (AvgIpc) is 2.95. The summed E-state index contributed by atoms with van der Waals surface area (Å²) in [6.45, 7) is 2.08.